The van der Waals surface area contributed by atoms with Crippen LogP contribution in [0.2, 0.25) is 0 Å². The number of nitrogens with zero attached hydrogens (tertiary/aromatic N) is 1. The molecule has 6 nitrogen and oxygen atoms in total. The Morgan fingerprint density at radius 2 is 2.12 bits per heavy atom. The topological polar surface area (TPSA) is 75.7 Å². The zero-order chi connectivity index (χ0) is 18.3. The number of sulfone groups is 1. The highest BCUT2D eigenvalue weighted by molar-refractivity contribution is 7.91. The molecule has 0 aromatic heterocycles. The maximum atomic E-state index is 12.6. The van der Waals surface area contributed by atoms with Gasteiger partial charge in [-0.2, -0.15) is 0 Å². The molecule has 2 amide bonds. The van der Waals surface area contributed by atoms with E-state index in [1.165, 1.54) is 0 Å². The van der Waals surface area contributed by atoms with Gasteiger partial charge in [-0.3, -0.25) is 0 Å². The van der Waals surface area contributed by atoms with Crippen LogP contribution in [0.1, 0.15) is 30.9 Å². The number of hydrogen-bond donors (Lipinski definition) is 1. The number of carbonyl (C=O) groups excluding carboxylic acids is 1. The fourth-order valence-electron chi connectivity index (χ4n) is 2.82. The Labute approximate surface area is 150 Å². The van der Waals surface area contributed by atoms with Crippen molar-refractivity contribution in [2.75, 3.05) is 31.2 Å². The van der Waals surface area contributed by atoms with E-state index in [4.69, 9.17) is 4.74 Å². The van der Waals surface area contributed by atoms with Crippen LogP contribution < -0.4 is 5.32 Å². The van der Waals surface area contributed by atoms with Gasteiger partial charge in [-0.1, -0.05) is 31.2 Å². The van der Waals surface area contributed by atoms with Crippen LogP contribution in [0.15, 0.2) is 24.3 Å². The SMILES string of the molecule is CCS(=O)(=O)CCNC(=O)N(Cc1ccccc1C)C[C@H]1CCCO1. The number of carbonyl (C=O) groups is 1. The molecule has 7 heteroatoms. The summed E-state index contributed by atoms with van der Waals surface area (Å²) in [5.74, 6) is 0.0546. The Morgan fingerprint density at radius 3 is 2.76 bits per heavy atom. The van der Waals surface area contributed by atoms with E-state index in [0.29, 0.717) is 13.1 Å². The molecule has 1 aliphatic heterocycles. The van der Waals surface area contributed by atoms with Crippen LogP contribution in [0.4, 0.5) is 4.79 Å². The van der Waals surface area contributed by atoms with Crippen molar-refractivity contribution in [2.45, 2.75) is 39.3 Å². The molecule has 0 radical (unpaired) electrons. The minimum Gasteiger partial charge on any atom is -0.376 e. The summed E-state index contributed by atoms with van der Waals surface area (Å²) in [6.07, 6.45) is 2.01. The van der Waals surface area contributed by atoms with Crippen molar-refractivity contribution >= 4 is 15.9 Å². The van der Waals surface area contributed by atoms with E-state index in [0.717, 1.165) is 30.6 Å². The number of aryl methyl sites for hydroxylation is 1. The number of nitrogens with one attached hydrogen (secondary N) is 1. The number of urea groups is 1. The maximum absolute atomic E-state index is 12.6. The molecule has 1 saturated heterocycles. The molecular weight excluding hydrogens is 340 g/mol. The smallest absolute Gasteiger partial charge is 0.317 e. The largest absolute Gasteiger partial charge is 0.376 e. The van der Waals surface area contributed by atoms with Gasteiger partial charge in [-0.15, -0.1) is 0 Å². The van der Waals surface area contributed by atoms with E-state index >= 15 is 0 Å². The fraction of sp³-hybridized carbons (Fsp3) is 0.611. The van der Waals surface area contributed by atoms with Crippen molar-refractivity contribution in [3.63, 3.8) is 0 Å². The fourth-order valence-corrected chi connectivity index (χ4v) is 3.52. The summed E-state index contributed by atoms with van der Waals surface area (Å²) >= 11 is 0. The molecule has 0 unspecified atom stereocenters. The average Bonchev–Trinajstić information content (AvgIpc) is 3.09. The Balaban J connectivity index is 1.99. The number of amides is 2. The molecule has 1 aromatic rings. The molecule has 0 saturated carbocycles. The highest BCUT2D eigenvalue weighted by Crippen LogP contribution is 2.16. The first kappa shape index (κ1) is 19.7. The zero-order valence-electron chi connectivity index (χ0n) is 15.0. The molecule has 1 aromatic carbocycles. The van der Waals surface area contributed by atoms with E-state index in [1.807, 2.05) is 31.2 Å². The normalized spacial score (nSPS) is 17.4. The molecule has 1 aliphatic rings. The van der Waals surface area contributed by atoms with Gasteiger partial charge in [0.15, 0.2) is 9.84 Å². The zero-order valence-corrected chi connectivity index (χ0v) is 15.8. The van der Waals surface area contributed by atoms with E-state index in [1.54, 1.807) is 11.8 Å². The molecule has 2 rings (SSSR count). The summed E-state index contributed by atoms with van der Waals surface area (Å²) in [4.78, 5) is 14.3. The second kappa shape index (κ2) is 9.20. The van der Waals surface area contributed by atoms with Crippen molar-refractivity contribution in [3.05, 3.63) is 35.4 Å². The molecule has 1 atom stereocenters. The molecule has 1 N–H and O–H groups in total. The van der Waals surface area contributed by atoms with Gasteiger partial charge in [-0.25, -0.2) is 13.2 Å². The van der Waals surface area contributed by atoms with Gasteiger partial charge < -0.3 is 15.0 Å². The molecule has 1 heterocycles. The second-order valence-electron chi connectivity index (χ2n) is 6.41. The van der Waals surface area contributed by atoms with E-state index in [2.05, 4.69) is 5.32 Å². The van der Waals surface area contributed by atoms with Crippen molar-refractivity contribution in [3.8, 4) is 0 Å². The summed E-state index contributed by atoms with van der Waals surface area (Å²) in [6.45, 7) is 5.49. The predicted molar refractivity (Wildman–Crippen MR) is 98.3 cm³/mol. The van der Waals surface area contributed by atoms with Crippen LogP contribution in [0, 0.1) is 6.92 Å². The summed E-state index contributed by atoms with van der Waals surface area (Å²) < 4.78 is 28.8. The third kappa shape index (κ3) is 6.32. The van der Waals surface area contributed by atoms with Crippen LogP contribution in [-0.4, -0.2) is 56.7 Å². The van der Waals surface area contributed by atoms with Gasteiger partial charge in [0, 0.05) is 32.0 Å². The van der Waals surface area contributed by atoms with E-state index < -0.39 is 9.84 Å². The maximum Gasteiger partial charge on any atom is 0.317 e. The molecule has 1 fully saturated rings. The van der Waals surface area contributed by atoms with Crippen LogP contribution in [0.5, 0.6) is 0 Å². The highest BCUT2D eigenvalue weighted by atomic mass is 32.2. The summed E-state index contributed by atoms with van der Waals surface area (Å²) in [6, 6.07) is 7.71. The number of ether oxygens (including phenoxy) is 1. The van der Waals surface area contributed by atoms with Crippen LogP contribution in [-0.2, 0) is 21.1 Å². The standard InChI is InChI=1S/C18H28N2O4S/c1-3-25(22,23)12-10-19-18(21)20(14-17-9-6-11-24-17)13-16-8-5-4-7-15(16)2/h4-5,7-8,17H,3,6,9-14H2,1-2H3,(H,19,21)/t17-/m1/s1. The van der Waals surface area contributed by atoms with Crippen molar-refractivity contribution in [2.24, 2.45) is 0 Å². The molecule has 0 spiro atoms. The molecular formula is C18H28N2O4S. The lowest BCUT2D eigenvalue weighted by atomic mass is 10.1. The lowest BCUT2D eigenvalue weighted by molar-refractivity contribution is 0.0795. The highest BCUT2D eigenvalue weighted by Gasteiger charge is 2.23. The van der Waals surface area contributed by atoms with Crippen LogP contribution in [0.25, 0.3) is 0 Å². The van der Waals surface area contributed by atoms with Gasteiger partial charge in [0.05, 0.1) is 11.9 Å². The third-order valence-electron chi connectivity index (χ3n) is 4.49. The first-order valence-electron chi connectivity index (χ1n) is 8.80. The van der Waals surface area contributed by atoms with Crippen molar-refractivity contribution in [1.29, 1.82) is 0 Å². The quantitative estimate of drug-likeness (QED) is 0.763. The molecule has 0 aliphatic carbocycles. The van der Waals surface area contributed by atoms with E-state index in [-0.39, 0.29) is 30.2 Å². The Hall–Kier alpha value is -1.60. The Bertz CT molecular complexity index is 669. The van der Waals surface area contributed by atoms with Crippen molar-refractivity contribution in [1.82, 2.24) is 10.2 Å². The van der Waals surface area contributed by atoms with Crippen molar-refractivity contribution < 1.29 is 17.9 Å². The first-order valence-corrected chi connectivity index (χ1v) is 10.6. The van der Waals surface area contributed by atoms with Gasteiger partial charge in [0.1, 0.15) is 0 Å². The van der Waals surface area contributed by atoms with Crippen LogP contribution >= 0.6 is 0 Å². The number of rotatable bonds is 8. The molecule has 0 bridgehead atoms. The monoisotopic (exact) mass is 368 g/mol. The number of hydrogen-bond acceptors (Lipinski definition) is 4. The Morgan fingerprint density at radius 1 is 1.36 bits per heavy atom. The van der Waals surface area contributed by atoms with Crippen LogP contribution in [0.3, 0.4) is 0 Å². The average molecular weight is 368 g/mol. The second-order valence-corrected chi connectivity index (χ2v) is 8.88. The van der Waals surface area contributed by atoms with Gasteiger partial charge >= 0.3 is 6.03 Å². The summed E-state index contributed by atoms with van der Waals surface area (Å²) in [7, 11) is -3.09. The summed E-state index contributed by atoms with van der Waals surface area (Å²) in [5, 5.41) is 2.74. The number of benzene rings is 1. The summed E-state index contributed by atoms with van der Waals surface area (Å²) in [5.41, 5.74) is 2.21. The Kier molecular flexibility index (Phi) is 7.25. The van der Waals surface area contributed by atoms with Gasteiger partial charge in [-0.05, 0) is 30.9 Å². The van der Waals surface area contributed by atoms with E-state index in [9.17, 15) is 13.2 Å². The van der Waals surface area contributed by atoms with Gasteiger partial charge in [0.25, 0.3) is 0 Å². The lowest BCUT2D eigenvalue weighted by Crippen LogP contribution is -2.44. The predicted octanol–water partition coefficient (Wildman–Crippen LogP) is 2.12. The lowest BCUT2D eigenvalue weighted by Gasteiger charge is -2.26. The third-order valence-corrected chi connectivity index (χ3v) is 6.19. The molecule has 25 heavy (non-hydrogen) atoms. The first-order chi connectivity index (χ1) is 11.9. The minimum atomic E-state index is -3.09. The van der Waals surface area contributed by atoms with Gasteiger partial charge in [0.2, 0.25) is 0 Å². The molecule has 140 valence electrons. The minimum absolute atomic E-state index is 0.0344.